The van der Waals surface area contributed by atoms with Crippen LogP contribution >= 0.6 is 0 Å². The normalized spacial score (nSPS) is 11.2. The van der Waals surface area contributed by atoms with Crippen molar-refractivity contribution in [1.82, 2.24) is 10.6 Å². The highest BCUT2D eigenvalue weighted by atomic mass is 16.5. The smallest absolute Gasteiger partial charge is 0.191 e. The van der Waals surface area contributed by atoms with Crippen LogP contribution in [0.3, 0.4) is 0 Å². The van der Waals surface area contributed by atoms with E-state index in [2.05, 4.69) is 52.9 Å². The summed E-state index contributed by atoms with van der Waals surface area (Å²) >= 11 is 0. The Morgan fingerprint density at radius 2 is 1.77 bits per heavy atom. The van der Waals surface area contributed by atoms with E-state index in [0.29, 0.717) is 0 Å². The molecule has 5 nitrogen and oxygen atoms in total. The van der Waals surface area contributed by atoms with Gasteiger partial charge in [-0.3, -0.25) is 4.99 Å². The van der Waals surface area contributed by atoms with Gasteiger partial charge in [0.1, 0.15) is 0 Å². The van der Waals surface area contributed by atoms with E-state index >= 15 is 0 Å². The van der Waals surface area contributed by atoms with Crippen molar-refractivity contribution in [2.24, 2.45) is 4.99 Å². The minimum Gasteiger partial charge on any atom is -0.493 e. The number of nitrogens with zero attached hydrogens (tertiary/aromatic N) is 1. The van der Waals surface area contributed by atoms with Crippen molar-refractivity contribution in [1.29, 1.82) is 0 Å². The lowest BCUT2D eigenvalue weighted by atomic mass is 10.1. The fraction of sp³-hybridized carbons (Fsp3) is 0.381. The predicted octanol–water partition coefficient (Wildman–Crippen LogP) is 3.31. The molecule has 0 radical (unpaired) electrons. The van der Waals surface area contributed by atoms with E-state index in [4.69, 9.17) is 9.47 Å². The highest BCUT2D eigenvalue weighted by Gasteiger charge is 2.04. The third-order valence-corrected chi connectivity index (χ3v) is 4.15. The second kappa shape index (κ2) is 10.3. The molecule has 2 aromatic rings. The van der Waals surface area contributed by atoms with Gasteiger partial charge < -0.3 is 20.1 Å². The maximum absolute atomic E-state index is 5.35. The molecule has 0 amide bonds. The molecule has 0 aliphatic carbocycles. The van der Waals surface area contributed by atoms with Gasteiger partial charge in [0.15, 0.2) is 17.5 Å². The number of rotatable bonds is 8. The molecule has 0 saturated heterocycles. The quantitative estimate of drug-likeness (QED) is 0.433. The van der Waals surface area contributed by atoms with Crippen molar-refractivity contribution in [2.75, 3.05) is 27.8 Å². The standard InChI is InChI=1S/C21H29N3O2/c1-16-7-5-8-18(13-16)15-24-21(22-2)23-12-6-9-17-10-11-19(25-3)20(14-17)26-4/h5,7-8,10-11,13-14H,6,9,12,15H2,1-4H3,(H2,22,23,24). The van der Waals surface area contributed by atoms with Gasteiger partial charge in [-0.15, -0.1) is 0 Å². The van der Waals surface area contributed by atoms with Gasteiger partial charge >= 0.3 is 0 Å². The molecule has 2 rings (SSSR count). The van der Waals surface area contributed by atoms with Crippen molar-refractivity contribution in [3.63, 3.8) is 0 Å². The van der Waals surface area contributed by atoms with Crippen molar-refractivity contribution in [3.8, 4) is 11.5 Å². The second-order valence-electron chi connectivity index (χ2n) is 6.13. The number of hydrogen-bond acceptors (Lipinski definition) is 3. The van der Waals surface area contributed by atoms with Gasteiger partial charge in [-0.2, -0.15) is 0 Å². The number of nitrogens with one attached hydrogen (secondary N) is 2. The molecular formula is C21H29N3O2. The zero-order valence-corrected chi connectivity index (χ0v) is 16.1. The zero-order chi connectivity index (χ0) is 18.8. The van der Waals surface area contributed by atoms with E-state index in [1.807, 2.05) is 12.1 Å². The molecule has 0 aromatic heterocycles. The predicted molar refractivity (Wildman–Crippen MR) is 107 cm³/mol. The van der Waals surface area contributed by atoms with Gasteiger partial charge in [0.25, 0.3) is 0 Å². The average molecular weight is 355 g/mol. The molecule has 0 spiro atoms. The molecule has 2 N–H and O–H groups in total. The molecule has 2 aromatic carbocycles. The van der Waals surface area contributed by atoms with Gasteiger partial charge in [0, 0.05) is 20.1 Å². The minimum atomic E-state index is 0.759. The van der Waals surface area contributed by atoms with Gasteiger partial charge in [-0.1, -0.05) is 35.9 Å². The van der Waals surface area contributed by atoms with Crippen LogP contribution in [0.5, 0.6) is 11.5 Å². The SMILES string of the molecule is CN=C(NCCCc1ccc(OC)c(OC)c1)NCc1cccc(C)c1. The van der Waals surface area contributed by atoms with E-state index in [9.17, 15) is 0 Å². The Kier molecular flexibility index (Phi) is 7.80. The Balaban J connectivity index is 1.75. The maximum atomic E-state index is 5.35. The number of aliphatic imine (C=N–C) groups is 1. The number of ether oxygens (including phenoxy) is 2. The van der Waals surface area contributed by atoms with Gasteiger partial charge in [-0.25, -0.2) is 0 Å². The van der Waals surface area contributed by atoms with Gasteiger partial charge in [-0.05, 0) is 43.0 Å². The van der Waals surface area contributed by atoms with Crippen LogP contribution in [0.2, 0.25) is 0 Å². The van der Waals surface area contributed by atoms with Crippen LogP contribution in [0.1, 0.15) is 23.1 Å². The van der Waals surface area contributed by atoms with Crippen molar-refractivity contribution in [2.45, 2.75) is 26.3 Å². The van der Waals surface area contributed by atoms with Crippen LogP contribution < -0.4 is 20.1 Å². The molecule has 0 unspecified atom stereocenters. The maximum Gasteiger partial charge on any atom is 0.191 e. The van der Waals surface area contributed by atoms with E-state index in [1.165, 1.54) is 16.7 Å². The molecule has 0 fully saturated rings. The summed E-state index contributed by atoms with van der Waals surface area (Å²) in [5.74, 6) is 2.35. The summed E-state index contributed by atoms with van der Waals surface area (Å²) in [4.78, 5) is 4.28. The highest BCUT2D eigenvalue weighted by molar-refractivity contribution is 5.79. The van der Waals surface area contributed by atoms with Crippen molar-refractivity contribution < 1.29 is 9.47 Å². The summed E-state index contributed by atoms with van der Waals surface area (Å²) in [6, 6.07) is 14.5. The Morgan fingerprint density at radius 1 is 0.962 bits per heavy atom. The number of hydrogen-bond donors (Lipinski definition) is 2. The molecule has 140 valence electrons. The molecule has 5 heteroatoms. The summed E-state index contributed by atoms with van der Waals surface area (Å²) in [5.41, 5.74) is 3.74. The highest BCUT2D eigenvalue weighted by Crippen LogP contribution is 2.27. The Morgan fingerprint density at radius 3 is 2.46 bits per heavy atom. The third kappa shape index (κ3) is 5.99. The lowest BCUT2D eigenvalue weighted by Gasteiger charge is -2.13. The third-order valence-electron chi connectivity index (χ3n) is 4.15. The first-order valence-corrected chi connectivity index (χ1v) is 8.87. The molecule has 0 saturated carbocycles. The second-order valence-corrected chi connectivity index (χ2v) is 6.13. The van der Waals surface area contributed by atoms with Crippen LogP contribution in [0.4, 0.5) is 0 Å². The first kappa shape index (κ1) is 19.6. The van der Waals surface area contributed by atoms with Crippen LogP contribution in [-0.2, 0) is 13.0 Å². The van der Waals surface area contributed by atoms with Gasteiger partial charge in [0.2, 0.25) is 0 Å². The monoisotopic (exact) mass is 355 g/mol. The lowest BCUT2D eigenvalue weighted by Crippen LogP contribution is -2.37. The zero-order valence-electron chi connectivity index (χ0n) is 16.1. The Hall–Kier alpha value is -2.69. The van der Waals surface area contributed by atoms with E-state index in [1.54, 1.807) is 21.3 Å². The van der Waals surface area contributed by atoms with Crippen LogP contribution in [0.25, 0.3) is 0 Å². The van der Waals surface area contributed by atoms with Crippen molar-refractivity contribution in [3.05, 3.63) is 59.2 Å². The van der Waals surface area contributed by atoms with Crippen LogP contribution in [0, 0.1) is 6.92 Å². The molecular weight excluding hydrogens is 326 g/mol. The Bertz CT molecular complexity index is 729. The lowest BCUT2D eigenvalue weighted by molar-refractivity contribution is 0.354. The topological polar surface area (TPSA) is 54.9 Å². The first-order chi connectivity index (χ1) is 12.7. The molecule has 26 heavy (non-hydrogen) atoms. The van der Waals surface area contributed by atoms with E-state index in [0.717, 1.165) is 43.4 Å². The summed E-state index contributed by atoms with van der Waals surface area (Å²) in [5, 5.41) is 6.71. The number of aryl methyl sites for hydroxylation is 2. The average Bonchev–Trinajstić information content (AvgIpc) is 2.67. The number of guanidine groups is 1. The van der Waals surface area contributed by atoms with E-state index < -0.39 is 0 Å². The molecule has 0 aliphatic rings. The number of methoxy groups -OCH3 is 2. The fourth-order valence-corrected chi connectivity index (χ4v) is 2.76. The molecule has 0 aliphatic heterocycles. The first-order valence-electron chi connectivity index (χ1n) is 8.87. The van der Waals surface area contributed by atoms with Gasteiger partial charge in [0.05, 0.1) is 14.2 Å². The summed E-state index contributed by atoms with van der Waals surface area (Å²) in [7, 11) is 5.10. The van der Waals surface area contributed by atoms with E-state index in [-0.39, 0.29) is 0 Å². The molecule has 0 heterocycles. The summed E-state index contributed by atoms with van der Waals surface area (Å²) in [6.07, 6.45) is 1.96. The molecule has 0 bridgehead atoms. The largest absolute Gasteiger partial charge is 0.493 e. The van der Waals surface area contributed by atoms with Crippen LogP contribution in [0.15, 0.2) is 47.5 Å². The molecule has 0 atom stereocenters. The number of benzene rings is 2. The fourth-order valence-electron chi connectivity index (χ4n) is 2.76. The summed E-state index contributed by atoms with van der Waals surface area (Å²) in [6.45, 7) is 3.71. The summed E-state index contributed by atoms with van der Waals surface area (Å²) < 4.78 is 10.6. The van der Waals surface area contributed by atoms with Crippen molar-refractivity contribution >= 4 is 5.96 Å². The van der Waals surface area contributed by atoms with Crippen LogP contribution in [-0.4, -0.2) is 33.8 Å². The Labute approximate surface area is 156 Å². The minimum absolute atomic E-state index is 0.759.